The molecule has 0 atom stereocenters. The van der Waals surface area contributed by atoms with Crippen molar-refractivity contribution in [2.75, 3.05) is 12.4 Å². The molecule has 0 bridgehead atoms. The number of carbonyl (C=O) groups is 2. The predicted octanol–water partition coefficient (Wildman–Crippen LogP) is 3.27. The van der Waals surface area contributed by atoms with Crippen LogP contribution in [0.2, 0.25) is 0 Å². The van der Waals surface area contributed by atoms with Crippen molar-refractivity contribution in [2.45, 2.75) is 19.8 Å². The third kappa shape index (κ3) is 4.57. The molecular weight excluding hydrogens is 294 g/mol. The minimum absolute atomic E-state index is 0.115. The molecule has 0 radical (unpaired) electrons. The number of rotatable bonds is 6. The van der Waals surface area contributed by atoms with Crippen molar-refractivity contribution in [1.82, 2.24) is 0 Å². The van der Waals surface area contributed by atoms with Gasteiger partial charge in [-0.15, -0.1) is 0 Å². The number of benzene rings is 2. The Morgan fingerprint density at radius 3 is 2.43 bits per heavy atom. The van der Waals surface area contributed by atoms with Crippen LogP contribution in [0.1, 0.15) is 27.9 Å². The van der Waals surface area contributed by atoms with Crippen molar-refractivity contribution in [2.24, 2.45) is 0 Å². The van der Waals surface area contributed by atoms with E-state index in [0.717, 1.165) is 11.1 Å². The van der Waals surface area contributed by atoms with E-state index >= 15 is 0 Å². The van der Waals surface area contributed by atoms with Gasteiger partial charge in [-0.25, -0.2) is 4.79 Å². The normalized spacial score (nSPS) is 10.2. The minimum Gasteiger partial charge on any atom is -0.495 e. The lowest BCUT2D eigenvalue weighted by Crippen LogP contribution is -2.13. The molecule has 23 heavy (non-hydrogen) atoms. The van der Waals surface area contributed by atoms with E-state index in [0.29, 0.717) is 24.3 Å². The SMILES string of the molecule is COc1ccc(C)cc1NC(=O)CCc1ccc(C(=O)O)cc1. The number of amides is 1. The van der Waals surface area contributed by atoms with Crippen molar-refractivity contribution in [3.8, 4) is 5.75 Å². The van der Waals surface area contributed by atoms with Crippen LogP contribution >= 0.6 is 0 Å². The monoisotopic (exact) mass is 313 g/mol. The summed E-state index contributed by atoms with van der Waals surface area (Å²) in [4.78, 5) is 22.9. The van der Waals surface area contributed by atoms with E-state index in [9.17, 15) is 9.59 Å². The van der Waals surface area contributed by atoms with E-state index in [1.165, 1.54) is 0 Å². The molecule has 0 heterocycles. The molecule has 120 valence electrons. The quantitative estimate of drug-likeness (QED) is 0.858. The summed E-state index contributed by atoms with van der Waals surface area (Å²) in [6.45, 7) is 1.94. The van der Waals surface area contributed by atoms with Crippen molar-refractivity contribution in [1.29, 1.82) is 0 Å². The second-order valence-electron chi connectivity index (χ2n) is 5.25. The lowest BCUT2D eigenvalue weighted by atomic mass is 10.1. The van der Waals surface area contributed by atoms with Gasteiger partial charge in [-0.1, -0.05) is 18.2 Å². The lowest BCUT2D eigenvalue weighted by Gasteiger charge is -2.11. The molecule has 2 aromatic rings. The van der Waals surface area contributed by atoms with Crippen molar-refractivity contribution >= 4 is 17.6 Å². The van der Waals surface area contributed by atoms with Gasteiger partial charge in [-0.3, -0.25) is 4.79 Å². The van der Waals surface area contributed by atoms with Crippen LogP contribution in [-0.4, -0.2) is 24.1 Å². The van der Waals surface area contributed by atoms with E-state index in [1.807, 2.05) is 25.1 Å². The van der Waals surface area contributed by atoms with Gasteiger partial charge in [-0.05, 0) is 48.7 Å². The molecule has 0 saturated carbocycles. The molecule has 2 N–H and O–H groups in total. The summed E-state index contributed by atoms with van der Waals surface area (Å²) in [6.07, 6.45) is 0.851. The molecule has 0 aliphatic carbocycles. The summed E-state index contributed by atoms with van der Waals surface area (Å²) in [5, 5.41) is 11.7. The van der Waals surface area contributed by atoms with Crippen molar-refractivity contribution in [3.63, 3.8) is 0 Å². The van der Waals surface area contributed by atoms with E-state index < -0.39 is 5.97 Å². The van der Waals surface area contributed by atoms with E-state index in [4.69, 9.17) is 9.84 Å². The first kappa shape index (κ1) is 16.5. The summed E-state index contributed by atoms with van der Waals surface area (Å²) in [5.74, 6) is -0.452. The molecule has 0 aliphatic heterocycles. The van der Waals surface area contributed by atoms with Crippen LogP contribution in [0.25, 0.3) is 0 Å². The average Bonchev–Trinajstić information content (AvgIpc) is 2.53. The first-order valence-electron chi connectivity index (χ1n) is 7.26. The molecule has 1 amide bonds. The maximum absolute atomic E-state index is 12.1. The van der Waals surface area contributed by atoms with E-state index in [1.54, 1.807) is 31.4 Å². The Bertz CT molecular complexity index is 707. The van der Waals surface area contributed by atoms with Crippen molar-refractivity contribution < 1.29 is 19.4 Å². The van der Waals surface area contributed by atoms with Gasteiger partial charge >= 0.3 is 5.97 Å². The number of aryl methyl sites for hydroxylation is 2. The van der Waals surface area contributed by atoms with Gasteiger partial charge in [0.1, 0.15) is 5.75 Å². The zero-order chi connectivity index (χ0) is 16.8. The third-order valence-corrected chi connectivity index (χ3v) is 3.47. The molecule has 5 nitrogen and oxygen atoms in total. The number of hydrogen-bond acceptors (Lipinski definition) is 3. The Kier molecular flexibility index (Phi) is 5.36. The highest BCUT2D eigenvalue weighted by Gasteiger charge is 2.09. The van der Waals surface area contributed by atoms with Gasteiger partial charge in [0.25, 0.3) is 0 Å². The van der Waals surface area contributed by atoms with Crippen LogP contribution in [0.5, 0.6) is 5.75 Å². The number of ether oxygens (including phenoxy) is 1. The number of hydrogen-bond donors (Lipinski definition) is 2. The van der Waals surface area contributed by atoms with Crippen LogP contribution in [0.4, 0.5) is 5.69 Å². The summed E-state index contributed by atoms with van der Waals surface area (Å²) in [7, 11) is 1.56. The molecule has 0 fully saturated rings. The average molecular weight is 313 g/mol. The highest BCUT2D eigenvalue weighted by molar-refractivity contribution is 5.92. The Morgan fingerprint density at radius 2 is 1.83 bits per heavy atom. The number of aromatic carboxylic acids is 1. The van der Waals surface area contributed by atoms with Crippen LogP contribution in [0, 0.1) is 6.92 Å². The maximum atomic E-state index is 12.1. The standard InChI is InChI=1S/C18H19NO4/c1-12-3-9-16(23-2)15(11-12)19-17(20)10-6-13-4-7-14(8-5-13)18(21)22/h3-5,7-9,11H,6,10H2,1-2H3,(H,19,20)(H,21,22). The van der Waals surface area contributed by atoms with Crippen LogP contribution in [0.15, 0.2) is 42.5 Å². The maximum Gasteiger partial charge on any atom is 0.335 e. The van der Waals surface area contributed by atoms with Gasteiger partial charge in [0.05, 0.1) is 18.4 Å². The Hall–Kier alpha value is -2.82. The topological polar surface area (TPSA) is 75.6 Å². The molecule has 0 unspecified atom stereocenters. The van der Waals surface area contributed by atoms with Gasteiger partial charge in [0, 0.05) is 6.42 Å². The lowest BCUT2D eigenvalue weighted by molar-refractivity contribution is -0.116. The fraction of sp³-hybridized carbons (Fsp3) is 0.222. The molecule has 0 spiro atoms. The fourth-order valence-electron chi connectivity index (χ4n) is 2.20. The number of carboxylic acids is 1. The smallest absolute Gasteiger partial charge is 0.335 e. The zero-order valence-corrected chi connectivity index (χ0v) is 13.1. The number of anilines is 1. The number of carboxylic acid groups (broad SMARTS) is 1. The number of carbonyl (C=O) groups excluding carboxylic acids is 1. The molecule has 2 aromatic carbocycles. The highest BCUT2D eigenvalue weighted by atomic mass is 16.5. The molecule has 0 aliphatic rings. The molecule has 2 rings (SSSR count). The zero-order valence-electron chi connectivity index (χ0n) is 13.1. The Balaban J connectivity index is 1.95. The van der Waals surface area contributed by atoms with Crippen molar-refractivity contribution in [3.05, 3.63) is 59.2 Å². The summed E-state index contributed by atoms with van der Waals surface area (Å²) in [6, 6.07) is 12.1. The van der Waals surface area contributed by atoms with Crippen LogP contribution < -0.4 is 10.1 Å². The minimum atomic E-state index is -0.958. The number of methoxy groups -OCH3 is 1. The third-order valence-electron chi connectivity index (χ3n) is 3.47. The second kappa shape index (κ2) is 7.45. The van der Waals surface area contributed by atoms with Gasteiger partial charge < -0.3 is 15.2 Å². The highest BCUT2D eigenvalue weighted by Crippen LogP contribution is 2.25. The summed E-state index contributed by atoms with van der Waals surface area (Å²) < 4.78 is 5.23. The number of nitrogens with one attached hydrogen (secondary N) is 1. The van der Waals surface area contributed by atoms with Crippen LogP contribution in [0.3, 0.4) is 0 Å². The molecule has 5 heteroatoms. The Morgan fingerprint density at radius 1 is 1.13 bits per heavy atom. The molecular formula is C18H19NO4. The Labute approximate surface area is 134 Å². The second-order valence-corrected chi connectivity index (χ2v) is 5.25. The van der Waals surface area contributed by atoms with Gasteiger partial charge in [0.2, 0.25) is 5.91 Å². The van der Waals surface area contributed by atoms with E-state index in [-0.39, 0.29) is 11.5 Å². The first-order valence-corrected chi connectivity index (χ1v) is 7.26. The summed E-state index contributed by atoms with van der Waals surface area (Å²) >= 11 is 0. The predicted molar refractivity (Wildman–Crippen MR) is 88.1 cm³/mol. The molecule has 0 aromatic heterocycles. The van der Waals surface area contributed by atoms with Gasteiger partial charge in [0.15, 0.2) is 0 Å². The van der Waals surface area contributed by atoms with Crippen LogP contribution in [-0.2, 0) is 11.2 Å². The van der Waals surface area contributed by atoms with Gasteiger partial charge in [-0.2, -0.15) is 0 Å². The van der Waals surface area contributed by atoms with E-state index in [2.05, 4.69) is 5.32 Å². The first-order chi connectivity index (χ1) is 11.0. The fourth-order valence-corrected chi connectivity index (χ4v) is 2.20. The largest absolute Gasteiger partial charge is 0.495 e. The summed E-state index contributed by atoms with van der Waals surface area (Å²) in [5.41, 5.74) is 2.84. The molecule has 0 saturated heterocycles.